The molecule has 1 rings (SSSR count). The first-order valence-electron chi connectivity index (χ1n) is 6.89. The highest BCUT2D eigenvalue weighted by Crippen LogP contribution is 2.17. The van der Waals surface area contributed by atoms with Crippen molar-refractivity contribution >= 4 is 5.57 Å². The number of aryl methyl sites for hydroxylation is 1. The van der Waals surface area contributed by atoms with Gasteiger partial charge in [-0.05, 0) is 48.8 Å². The monoisotopic (exact) mass is 230 g/mol. The largest absolute Gasteiger partial charge is 0.0810 e. The summed E-state index contributed by atoms with van der Waals surface area (Å²) in [6, 6.07) is 9.08. The van der Waals surface area contributed by atoms with Gasteiger partial charge in [0.1, 0.15) is 0 Å². The van der Waals surface area contributed by atoms with Crippen LogP contribution in [0.25, 0.3) is 5.57 Å². The Morgan fingerprint density at radius 1 is 1.18 bits per heavy atom. The molecule has 1 aromatic rings. The molecule has 0 nitrogen and oxygen atoms in total. The summed E-state index contributed by atoms with van der Waals surface area (Å²) in [5, 5.41) is 0. The van der Waals surface area contributed by atoms with Crippen molar-refractivity contribution in [3.63, 3.8) is 0 Å². The minimum Gasteiger partial charge on any atom is -0.0810 e. The molecule has 0 saturated carbocycles. The van der Waals surface area contributed by atoms with Crippen LogP contribution >= 0.6 is 0 Å². The van der Waals surface area contributed by atoms with E-state index < -0.39 is 0 Å². The third kappa shape index (κ3) is 5.21. The molecule has 0 spiro atoms. The van der Waals surface area contributed by atoms with E-state index in [2.05, 4.69) is 58.0 Å². The molecule has 17 heavy (non-hydrogen) atoms. The average molecular weight is 230 g/mol. The van der Waals surface area contributed by atoms with Gasteiger partial charge >= 0.3 is 0 Å². The molecule has 0 N–H and O–H groups in total. The normalized spacial score (nSPS) is 12.2. The Bertz CT molecular complexity index is 341. The quantitative estimate of drug-likeness (QED) is 0.607. The summed E-state index contributed by atoms with van der Waals surface area (Å²) < 4.78 is 0. The number of benzene rings is 1. The minimum atomic E-state index is 0.792. The highest BCUT2D eigenvalue weighted by atomic mass is 14.0. The van der Waals surface area contributed by atoms with Crippen LogP contribution in [-0.2, 0) is 6.42 Å². The van der Waals surface area contributed by atoms with E-state index in [1.54, 1.807) is 0 Å². The van der Waals surface area contributed by atoms with Crippen molar-refractivity contribution in [2.75, 3.05) is 0 Å². The molecule has 0 atom stereocenters. The maximum absolute atomic E-state index is 2.34. The van der Waals surface area contributed by atoms with Gasteiger partial charge in [0.05, 0.1) is 0 Å². The number of unbranched alkanes of at least 4 members (excludes halogenated alkanes) is 1. The molecule has 0 unspecified atom stereocenters. The third-order valence-electron chi connectivity index (χ3n) is 3.16. The number of allylic oxidation sites excluding steroid dienone is 2. The summed E-state index contributed by atoms with van der Waals surface area (Å²) in [6.07, 6.45) is 7.23. The summed E-state index contributed by atoms with van der Waals surface area (Å²) >= 11 is 0. The van der Waals surface area contributed by atoms with Crippen molar-refractivity contribution in [2.24, 2.45) is 5.92 Å². The van der Waals surface area contributed by atoms with Gasteiger partial charge in [-0.25, -0.2) is 0 Å². The molecule has 0 heterocycles. The Morgan fingerprint density at radius 2 is 1.82 bits per heavy atom. The van der Waals surface area contributed by atoms with Gasteiger partial charge in [-0.3, -0.25) is 0 Å². The lowest BCUT2D eigenvalue weighted by Gasteiger charge is -2.06. The van der Waals surface area contributed by atoms with E-state index in [0.717, 1.165) is 5.92 Å². The van der Waals surface area contributed by atoms with Crippen molar-refractivity contribution in [2.45, 2.75) is 53.4 Å². The molecular formula is C17H26. The molecule has 1 aromatic carbocycles. The van der Waals surface area contributed by atoms with Gasteiger partial charge in [-0.15, -0.1) is 0 Å². The fraction of sp³-hybridized carbons (Fsp3) is 0.529. The highest BCUT2D eigenvalue weighted by Gasteiger charge is 1.98. The molecule has 0 radical (unpaired) electrons. The lowest BCUT2D eigenvalue weighted by atomic mass is 9.99. The molecule has 0 fully saturated rings. The lowest BCUT2D eigenvalue weighted by Crippen LogP contribution is -1.92. The summed E-state index contributed by atoms with van der Waals surface area (Å²) in [6.45, 7) is 9.00. The van der Waals surface area contributed by atoms with E-state index in [1.165, 1.54) is 42.4 Å². The summed E-state index contributed by atoms with van der Waals surface area (Å²) in [5.41, 5.74) is 4.24. The number of hydrogen-bond donors (Lipinski definition) is 0. The molecule has 0 amide bonds. The minimum absolute atomic E-state index is 0.792. The van der Waals surface area contributed by atoms with Crippen LogP contribution in [0, 0.1) is 5.92 Å². The summed E-state index contributed by atoms with van der Waals surface area (Å²) in [5.74, 6) is 0.792. The lowest BCUT2D eigenvalue weighted by molar-refractivity contribution is 0.587. The Morgan fingerprint density at radius 3 is 2.35 bits per heavy atom. The van der Waals surface area contributed by atoms with Gasteiger partial charge in [0, 0.05) is 0 Å². The van der Waals surface area contributed by atoms with Gasteiger partial charge in [0.2, 0.25) is 0 Å². The number of hydrogen-bond acceptors (Lipinski definition) is 0. The predicted octanol–water partition coefficient (Wildman–Crippen LogP) is 5.48. The van der Waals surface area contributed by atoms with Crippen LogP contribution in [0.1, 0.15) is 58.1 Å². The molecular weight excluding hydrogens is 204 g/mol. The van der Waals surface area contributed by atoms with Crippen LogP contribution in [0.5, 0.6) is 0 Å². The zero-order chi connectivity index (χ0) is 12.7. The Labute approximate surface area is 107 Å². The van der Waals surface area contributed by atoms with Gasteiger partial charge < -0.3 is 0 Å². The number of rotatable bonds is 6. The Balaban J connectivity index is 2.61. The average Bonchev–Trinajstić information content (AvgIpc) is 2.34. The standard InChI is InChI=1S/C17H26/c1-5-6-7-15(4)17-12-10-16(11-13-17)9-8-14(2)3/h7,10-14H,5-6,8-9H2,1-4H3/b15-7+. The maximum Gasteiger partial charge on any atom is -0.0230 e. The van der Waals surface area contributed by atoms with Crippen molar-refractivity contribution in [3.8, 4) is 0 Å². The first-order chi connectivity index (χ1) is 8.13. The van der Waals surface area contributed by atoms with Crippen molar-refractivity contribution < 1.29 is 0 Å². The second-order valence-electron chi connectivity index (χ2n) is 5.31. The SMILES string of the molecule is CCC/C=C(\C)c1ccc(CCC(C)C)cc1. The van der Waals surface area contributed by atoms with Crippen LogP contribution < -0.4 is 0 Å². The van der Waals surface area contributed by atoms with Crippen molar-refractivity contribution in [3.05, 3.63) is 41.5 Å². The molecule has 94 valence electrons. The zero-order valence-corrected chi connectivity index (χ0v) is 11.8. The predicted molar refractivity (Wildman–Crippen MR) is 78.2 cm³/mol. The van der Waals surface area contributed by atoms with Gasteiger partial charge in [0.25, 0.3) is 0 Å². The topological polar surface area (TPSA) is 0 Å². The van der Waals surface area contributed by atoms with Crippen LogP contribution in [-0.4, -0.2) is 0 Å². The molecule has 0 aliphatic heterocycles. The Hall–Kier alpha value is -1.04. The van der Waals surface area contributed by atoms with E-state index in [4.69, 9.17) is 0 Å². The van der Waals surface area contributed by atoms with E-state index in [-0.39, 0.29) is 0 Å². The van der Waals surface area contributed by atoms with Crippen LogP contribution in [0.15, 0.2) is 30.3 Å². The second kappa shape index (κ2) is 7.32. The van der Waals surface area contributed by atoms with Crippen LogP contribution in [0.2, 0.25) is 0 Å². The smallest absolute Gasteiger partial charge is 0.0230 e. The van der Waals surface area contributed by atoms with E-state index in [0.29, 0.717) is 0 Å². The second-order valence-corrected chi connectivity index (χ2v) is 5.31. The van der Waals surface area contributed by atoms with Crippen LogP contribution in [0.4, 0.5) is 0 Å². The molecule has 0 heteroatoms. The molecule has 0 bridgehead atoms. The van der Waals surface area contributed by atoms with Gasteiger partial charge in [-0.1, -0.05) is 57.5 Å². The Kier molecular flexibility index (Phi) is 6.04. The molecule has 0 aromatic heterocycles. The van der Waals surface area contributed by atoms with Crippen molar-refractivity contribution in [1.29, 1.82) is 0 Å². The van der Waals surface area contributed by atoms with E-state index >= 15 is 0 Å². The maximum atomic E-state index is 2.34. The zero-order valence-electron chi connectivity index (χ0n) is 11.8. The fourth-order valence-electron chi connectivity index (χ4n) is 1.87. The third-order valence-corrected chi connectivity index (χ3v) is 3.16. The summed E-state index contributed by atoms with van der Waals surface area (Å²) in [7, 11) is 0. The first-order valence-corrected chi connectivity index (χ1v) is 6.89. The van der Waals surface area contributed by atoms with Gasteiger partial charge in [-0.2, -0.15) is 0 Å². The van der Waals surface area contributed by atoms with Crippen molar-refractivity contribution in [1.82, 2.24) is 0 Å². The highest BCUT2D eigenvalue weighted by molar-refractivity contribution is 5.63. The van der Waals surface area contributed by atoms with E-state index in [1.807, 2.05) is 0 Å². The summed E-state index contributed by atoms with van der Waals surface area (Å²) in [4.78, 5) is 0. The van der Waals surface area contributed by atoms with Crippen LogP contribution in [0.3, 0.4) is 0 Å². The molecule has 0 aliphatic carbocycles. The first kappa shape index (κ1) is 14.0. The van der Waals surface area contributed by atoms with E-state index in [9.17, 15) is 0 Å². The molecule has 0 aliphatic rings. The fourth-order valence-corrected chi connectivity index (χ4v) is 1.87. The van der Waals surface area contributed by atoms with Gasteiger partial charge in [0.15, 0.2) is 0 Å². The molecule has 0 saturated heterocycles.